The van der Waals surface area contributed by atoms with Crippen LogP contribution in [-0.2, 0) is 20.3 Å². The molecule has 1 aromatic carbocycles. The number of aryl methyl sites for hydroxylation is 1. The summed E-state index contributed by atoms with van der Waals surface area (Å²) in [6, 6.07) is 8.55. The number of allylic oxidation sites excluding steroid dienone is 1. The molecule has 1 aromatic heterocycles. The molecule has 0 unspecified atom stereocenters. The highest BCUT2D eigenvalue weighted by molar-refractivity contribution is 7.09. The lowest BCUT2D eigenvalue weighted by atomic mass is 10.0. The van der Waals surface area contributed by atoms with Gasteiger partial charge in [0.25, 0.3) is 0 Å². The maximum atomic E-state index is 6.90. The van der Waals surface area contributed by atoms with Crippen molar-refractivity contribution >= 4 is 25.7 Å². The minimum atomic E-state index is -1.93. The highest BCUT2D eigenvalue weighted by Gasteiger charge is 2.39. The predicted molar refractivity (Wildman–Crippen MR) is 146 cm³/mol. The molecule has 1 fully saturated rings. The highest BCUT2D eigenvalue weighted by atomic mass is 32.1. The molecule has 1 aliphatic heterocycles. The summed E-state index contributed by atoms with van der Waals surface area (Å²) in [5.74, 6) is 0. The average Bonchev–Trinajstić information content (AvgIpc) is 3.42. The smallest absolute Gasteiger partial charge is 0.192 e. The number of nitrogens with zero attached hydrogens (tertiary/aromatic N) is 1. The molecule has 0 radical (unpaired) electrons. The molecule has 2 heterocycles. The van der Waals surface area contributed by atoms with Crippen molar-refractivity contribution in [2.45, 2.75) is 84.9 Å². The van der Waals surface area contributed by atoms with E-state index in [-0.39, 0.29) is 17.4 Å². The van der Waals surface area contributed by atoms with E-state index in [2.05, 4.69) is 94.5 Å². The van der Waals surface area contributed by atoms with Crippen LogP contribution < -0.4 is 0 Å². The van der Waals surface area contributed by atoms with Crippen LogP contribution in [0.5, 0.6) is 0 Å². The predicted octanol–water partition coefficient (Wildman–Crippen LogP) is 7.87. The van der Waals surface area contributed by atoms with E-state index in [1.807, 2.05) is 6.92 Å². The lowest BCUT2D eigenvalue weighted by Crippen LogP contribution is -2.44. The Kier molecular flexibility index (Phi) is 9.09. The van der Waals surface area contributed by atoms with E-state index in [1.54, 1.807) is 11.3 Å². The van der Waals surface area contributed by atoms with Gasteiger partial charge in [0.15, 0.2) is 14.6 Å². The number of aromatic nitrogens is 1. The molecular weight excluding hydrogens is 458 g/mol. The molecule has 2 aromatic rings. The third-order valence-corrected chi connectivity index (χ3v) is 12.0. The van der Waals surface area contributed by atoms with Gasteiger partial charge in [0.2, 0.25) is 0 Å². The maximum absolute atomic E-state index is 6.90. The fourth-order valence-electron chi connectivity index (χ4n) is 3.73. The van der Waals surface area contributed by atoms with Crippen LogP contribution in [0.2, 0.25) is 18.1 Å². The van der Waals surface area contributed by atoms with Crippen molar-refractivity contribution < 1.29 is 13.9 Å². The van der Waals surface area contributed by atoms with Gasteiger partial charge in [-0.1, -0.05) is 56.7 Å². The fraction of sp³-hybridized carbons (Fsp3) is 0.536. The Morgan fingerprint density at radius 3 is 2.56 bits per heavy atom. The number of hydrogen-bond donors (Lipinski definition) is 0. The number of rotatable bonds is 9. The first-order valence-corrected chi connectivity index (χ1v) is 16.0. The highest BCUT2D eigenvalue weighted by Crippen LogP contribution is 2.38. The summed E-state index contributed by atoms with van der Waals surface area (Å²) in [4.78, 5) is 4.63. The van der Waals surface area contributed by atoms with E-state index < -0.39 is 8.32 Å². The Balaban J connectivity index is 1.75. The molecule has 0 saturated carbocycles. The number of benzene rings is 1. The average molecular weight is 500 g/mol. The van der Waals surface area contributed by atoms with Gasteiger partial charge < -0.3 is 13.9 Å². The fourth-order valence-corrected chi connectivity index (χ4v) is 5.65. The molecule has 186 valence electrons. The van der Waals surface area contributed by atoms with Crippen molar-refractivity contribution in [2.75, 3.05) is 13.2 Å². The first-order chi connectivity index (χ1) is 15.9. The van der Waals surface area contributed by atoms with Crippen molar-refractivity contribution in [1.29, 1.82) is 0 Å². The van der Waals surface area contributed by atoms with Crippen molar-refractivity contribution in [1.82, 2.24) is 4.98 Å². The largest absolute Gasteiger partial charge is 0.410 e. The van der Waals surface area contributed by atoms with Crippen LogP contribution in [0.4, 0.5) is 0 Å². The molecule has 0 N–H and O–H groups in total. The van der Waals surface area contributed by atoms with Crippen LogP contribution in [0.15, 0.2) is 46.9 Å². The van der Waals surface area contributed by atoms with Crippen molar-refractivity contribution in [3.63, 3.8) is 0 Å². The molecule has 0 spiro atoms. The van der Waals surface area contributed by atoms with Crippen molar-refractivity contribution in [3.8, 4) is 0 Å². The normalized spacial score (nSPS) is 17.4. The van der Waals surface area contributed by atoms with Gasteiger partial charge in [0.1, 0.15) is 0 Å². The molecule has 1 atom stereocenters. The first-order valence-electron chi connectivity index (χ1n) is 12.2. The van der Waals surface area contributed by atoms with E-state index in [9.17, 15) is 0 Å². The van der Waals surface area contributed by atoms with E-state index in [0.717, 1.165) is 29.1 Å². The summed E-state index contributed by atoms with van der Waals surface area (Å²) in [5, 5.41) is 3.37. The second-order valence-electron chi connectivity index (χ2n) is 10.8. The van der Waals surface area contributed by atoms with Crippen LogP contribution >= 0.6 is 11.3 Å². The lowest BCUT2D eigenvalue weighted by Gasteiger charge is -2.39. The molecular formula is C28H41NO3SSi. The topological polar surface area (TPSA) is 40.6 Å². The maximum Gasteiger partial charge on any atom is 0.192 e. The summed E-state index contributed by atoms with van der Waals surface area (Å²) in [7, 11) is -1.93. The summed E-state index contributed by atoms with van der Waals surface area (Å²) >= 11 is 1.69. The van der Waals surface area contributed by atoms with Gasteiger partial charge in [0, 0.05) is 10.9 Å². The molecule has 6 heteroatoms. The molecule has 3 rings (SSSR count). The Morgan fingerprint density at radius 2 is 1.94 bits per heavy atom. The van der Waals surface area contributed by atoms with Gasteiger partial charge in [-0.25, -0.2) is 4.98 Å². The number of hydrogen-bond acceptors (Lipinski definition) is 5. The molecule has 0 amide bonds. The van der Waals surface area contributed by atoms with Crippen molar-refractivity contribution in [2.24, 2.45) is 0 Å². The quantitative estimate of drug-likeness (QED) is 0.260. The minimum absolute atomic E-state index is 0.0458. The third-order valence-electron chi connectivity index (χ3n) is 6.77. The van der Waals surface area contributed by atoms with Gasteiger partial charge in [0.05, 0.1) is 30.0 Å². The lowest BCUT2D eigenvalue weighted by molar-refractivity contribution is -0.0441. The summed E-state index contributed by atoms with van der Waals surface area (Å²) < 4.78 is 18.2. The molecule has 0 bridgehead atoms. The molecule has 1 saturated heterocycles. The van der Waals surface area contributed by atoms with Gasteiger partial charge in [-0.3, -0.25) is 0 Å². The van der Waals surface area contributed by atoms with E-state index >= 15 is 0 Å². The summed E-state index contributed by atoms with van der Waals surface area (Å²) in [5.41, 5.74) is 5.97. The first kappa shape index (κ1) is 27.0. The Bertz CT molecular complexity index is 1010. The second kappa shape index (κ2) is 11.4. The molecule has 34 heavy (non-hydrogen) atoms. The Hall–Kier alpha value is -1.57. The number of ether oxygens (including phenoxy) is 2. The van der Waals surface area contributed by atoms with E-state index in [0.29, 0.717) is 13.2 Å². The van der Waals surface area contributed by atoms with Crippen LogP contribution in [-0.4, -0.2) is 32.6 Å². The SMILES string of the molecule is CC(=CC[C@H](O[Si](C)(C)C(C)(C)C)C(C)=Cc1csc(C)n1)Cc1cccc(C2OCCO2)c1. The van der Waals surface area contributed by atoms with Crippen LogP contribution in [0, 0.1) is 6.92 Å². The second-order valence-corrected chi connectivity index (χ2v) is 16.6. The van der Waals surface area contributed by atoms with Crippen molar-refractivity contribution in [3.05, 3.63) is 68.7 Å². The summed E-state index contributed by atoms with van der Waals surface area (Å²) in [6.07, 6.45) is 6.12. The van der Waals surface area contributed by atoms with E-state index in [1.165, 1.54) is 16.7 Å². The number of thiazole rings is 1. The molecule has 1 aliphatic rings. The standard InChI is InChI=1S/C28H41NO3SSi/c1-20(16-23-10-9-11-24(18-23)27-30-14-15-31-27)12-13-26(32-34(7,8)28(4,5)6)21(2)17-25-19-33-22(3)29-25/h9-12,17-19,26-27H,13-16H2,1-8H3/t26-/m0/s1. The van der Waals surface area contributed by atoms with Crippen LogP contribution in [0.25, 0.3) is 6.08 Å². The van der Waals surface area contributed by atoms with Gasteiger partial charge >= 0.3 is 0 Å². The Labute approximate surface area is 211 Å². The van der Waals surface area contributed by atoms with Gasteiger partial charge in [-0.15, -0.1) is 11.3 Å². The van der Waals surface area contributed by atoms with Crippen LogP contribution in [0.1, 0.15) is 69.2 Å². The monoisotopic (exact) mass is 499 g/mol. The summed E-state index contributed by atoms with van der Waals surface area (Å²) in [6.45, 7) is 19.3. The zero-order valence-electron chi connectivity index (χ0n) is 22.1. The zero-order chi connectivity index (χ0) is 24.9. The van der Waals surface area contributed by atoms with Gasteiger partial charge in [-0.05, 0) is 69.0 Å². The van der Waals surface area contributed by atoms with Gasteiger partial charge in [-0.2, -0.15) is 0 Å². The Morgan fingerprint density at radius 1 is 1.24 bits per heavy atom. The minimum Gasteiger partial charge on any atom is -0.410 e. The molecule has 0 aliphatic carbocycles. The zero-order valence-corrected chi connectivity index (χ0v) is 23.9. The molecule has 4 nitrogen and oxygen atoms in total. The van der Waals surface area contributed by atoms with E-state index in [4.69, 9.17) is 13.9 Å². The van der Waals surface area contributed by atoms with Crippen LogP contribution in [0.3, 0.4) is 0 Å². The third kappa shape index (κ3) is 7.46.